The van der Waals surface area contributed by atoms with E-state index in [1.807, 2.05) is 36.4 Å². The van der Waals surface area contributed by atoms with Gasteiger partial charge in [-0.1, -0.05) is 97.1 Å². The van der Waals surface area contributed by atoms with Gasteiger partial charge in [0.25, 0.3) is 0 Å². The second-order valence-electron chi connectivity index (χ2n) is 18.2. The van der Waals surface area contributed by atoms with Crippen LogP contribution in [0.15, 0.2) is 267 Å². The summed E-state index contributed by atoms with van der Waals surface area (Å²) in [6.45, 7) is 0. The van der Waals surface area contributed by atoms with E-state index >= 15 is 0 Å². The number of hydrogen-bond acceptors (Lipinski definition) is 2. The molecular formula is C66H44F2N4. The van der Waals surface area contributed by atoms with Crippen LogP contribution in [0.25, 0.3) is 77.2 Å². The Morgan fingerprint density at radius 1 is 0.250 bits per heavy atom. The van der Waals surface area contributed by atoms with Crippen LogP contribution in [0.4, 0.5) is 42.9 Å². The maximum atomic E-state index is 14.5. The average molecular weight is 931 g/mol. The predicted octanol–water partition coefficient (Wildman–Crippen LogP) is 18.4. The van der Waals surface area contributed by atoms with Crippen molar-refractivity contribution in [3.63, 3.8) is 0 Å². The Balaban J connectivity index is 0.957. The van der Waals surface area contributed by atoms with Gasteiger partial charge in [-0.05, 0) is 203 Å². The number of anilines is 6. The average Bonchev–Trinajstić information content (AvgIpc) is 4.00. The molecule has 13 aromatic rings. The first-order valence-electron chi connectivity index (χ1n) is 24.1. The summed E-state index contributed by atoms with van der Waals surface area (Å²) in [5.41, 5.74) is 13.8. The Morgan fingerprint density at radius 3 is 0.972 bits per heavy atom. The van der Waals surface area contributed by atoms with Crippen molar-refractivity contribution < 1.29 is 8.78 Å². The first kappa shape index (κ1) is 42.6. The van der Waals surface area contributed by atoms with Gasteiger partial charge in [-0.3, -0.25) is 0 Å². The minimum Gasteiger partial charge on any atom is -0.310 e. The van der Waals surface area contributed by atoms with Gasteiger partial charge in [0.15, 0.2) is 0 Å². The van der Waals surface area contributed by atoms with Crippen LogP contribution in [-0.2, 0) is 0 Å². The summed E-state index contributed by atoms with van der Waals surface area (Å²) in [5, 5.41) is 6.74. The van der Waals surface area contributed by atoms with Crippen molar-refractivity contribution in [3.05, 3.63) is 279 Å². The van der Waals surface area contributed by atoms with Crippen LogP contribution in [0.1, 0.15) is 0 Å². The van der Waals surface area contributed by atoms with Crippen molar-refractivity contribution in [2.24, 2.45) is 0 Å². The van der Waals surface area contributed by atoms with Crippen molar-refractivity contribution in [2.45, 2.75) is 0 Å². The van der Waals surface area contributed by atoms with Crippen LogP contribution in [0, 0.1) is 11.6 Å². The number of rotatable bonds is 10. The summed E-state index contributed by atoms with van der Waals surface area (Å²) in [5.74, 6) is -0.576. The summed E-state index contributed by atoms with van der Waals surface area (Å²) in [4.78, 5) is 4.56. The molecule has 0 unspecified atom stereocenters. The van der Waals surface area contributed by atoms with Crippen LogP contribution < -0.4 is 9.80 Å². The molecule has 0 amide bonds. The van der Waals surface area contributed by atoms with Crippen LogP contribution >= 0.6 is 0 Å². The Bertz CT molecular complexity index is 3820. The highest BCUT2D eigenvalue weighted by Gasteiger charge is 2.21. The molecule has 2 aromatic heterocycles. The lowest BCUT2D eigenvalue weighted by Crippen LogP contribution is -2.10. The maximum Gasteiger partial charge on any atom is 0.123 e. The molecule has 0 spiro atoms. The Morgan fingerprint density at radius 2 is 0.583 bits per heavy atom. The molecule has 11 aromatic carbocycles. The number of halogens is 2. The highest BCUT2D eigenvalue weighted by molar-refractivity contribution is 6.02. The molecule has 0 aliphatic carbocycles. The van der Waals surface area contributed by atoms with Crippen molar-refractivity contribution >= 4 is 77.5 Å². The van der Waals surface area contributed by atoms with E-state index in [4.69, 9.17) is 0 Å². The maximum absolute atomic E-state index is 14.5. The molecule has 4 nitrogen and oxygen atoms in total. The van der Waals surface area contributed by atoms with Gasteiger partial charge >= 0.3 is 0 Å². The molecule has 0 saturated heterocycles. The monoisotopic (exact) mass is 930 g/mol. The predicted molar refractivity (Wildman–Crippen MR) is 295 cm³/mol. The highest BCUT2D eigenvalue weighted by Crippen LogP contribution is 2.42. The van der Waals surface area contributed by atoms with Crippen LogP contribution in [0.5, 0.6) is 0 Å². The van der Waals surface area contributed by atoms with E-state index in [-0.39, 0.29) is 11.6 Å². The summed E-state index contributed by atoms with van der Waals surface area (Å²) < 4.78 is 33.6. The fraction of sp³-hybridized carbons (Fsp3) is 0. The molecule has 2 heterocycles. The molecule has 342 valence electrons. The molecule has 0 aliphatic heterocycles. The first-order valence-corrected chi connectivity index (χ1v) is 24.1. The fourth-order valence-corrected chi connectivity index (χ4v) is 10.3. The van der Waals surface area contributed by atoms with Gasteiger partial charge in [-0.25, -0.2) is 8.78 Å². The quantitative estimate of drug-likeness (QED) is 0.136. The topological polar surface area (TPSA) is 16.3 Å². The lowest BCUT2D eigenvalue weighted by Gasteiger charge is -2.26. The lowest BCUT2D eigenvalue weighted by molar-refractivity contribution is 0.627. The van der Waals surface area contributed by atoms with Crippen LogP contribution in [0.3, 0.4) is 0 Å². The Labute approximate surface area is 415 Å². The third-order valence-corrected chi connectivity index (χ3v) is 13.7. The minimum atomic E-state index is -0.288. The van der Waals surface area contributed by atoms with Crippen molar-refractivity contribution in [2.75, 3.05) is 9.80 Å². The Hall–Kier alpha value is -9.52. The summed E-state index contributed by atoms with van der Waals surface area (Å²) in [7, 11) is 0. The van der Waals surface area contributed by atoms with Gasteiger partial charge in [-0.15, -0.1) is 0 Å². The highest BCUT2D eigenvalue weighted by atomic mass is 19.1. The molecule has 0 bridgehead atoms. The van der Waals surface area contributed by atoms with Crippen LogP contribution in [0.2, 0.25) is 0 Å². The standard InChI is InChI=1S/C66H44F2N4/c67-53-25-19-47(20-26-53)63-41-51-44-66-52(43-65(51)71(63)59-35-31-57(32-36-59)69(55-15-3-1-4-16-55)61-29-23-45-11-7-9-13-49(45)39-61)42-64(48-21-27-54(68)28-22-48)72(66)60-37-33-58(34-38-60)70(56-17-5-2-6-18-56)62-30-24-46-12-8-10-14-50(46)40-62/h1-44H. The van der Waals surface area contributed by atoms with Gasteiger partial charge in [0.05, 0.1) is 22.4 Å². The largest absolute Gasteiger partial charge is 0.310 e. The second kappa shape index (κ2) is 17.8. The Kier molecular flexibility index (Phi) is 10.5. The molecular weight excluding hydrogens is 887 g/mol. The van der Waals surface area contributed by atoms with Crippen molar-refractivity contribution in [3.8, 4) is 33.9 Å². The molecule has 0 fully saturated rings. The fourth-order valence-electron chi connectivity index (χ4n) is 10.3. The van der Waals surface area contributed by atoms with Crippen LogP contribution in [-0.4, -0.2) is 9.13 Å². The van der Waals surface area contributed by atoms with E-state index < -0.39 is 0 Å². The van der Waals surface area contributed by atoms with E-state index in [1.165, 1.54) is 45.8 Å². The van der Waals surface area contributed by atoms with Gasteiger partial charge in [0.2, 0.25) is 0 Å². The zero-order valence-corrected chi connectivity index (χ0v) is 38.9. The van der Waals surface area contributed by atoms with E-state index in [2.05, 4.69) is 225 Å². The molecule has 6 heteroatoms. The number of hydrogen-bond donors (Lipinski definition) is 0. The summed E-state index contributed by atoms with van der Waals surface area (Å²) in [6, 6.07) is 90.5. The van der Waals surface area contributed by atoms with E-state index in [0.29, 0.717) is 0 Å². The molecule has 0 radical (unpaired) electrons. The number of nitrogens with zero attached hydrogens (tertiary/aromatic N) is 4. The van der Waals surface area contributed by atoms with E-state index in [9.17, 15) is 8.78 Å². The summed E-state index contributed by atoms with van der Waals surface area (Å²) >= 11 is 0. The minimum absolute atomic E-state index is 0.288. The third-order valence-electron chi connectivity index (χ3n) is 13.7. The number of fused-ring (bicyclic) bond motifs is 4. The summed E-state index contributed by atoms with van der Waals surface area (Å²) in [6.07, 6.45) is 0. The van der Waals surface area contributed by atoms with Gasteiger partial charge in [-0.2, -0.15) is 0 Å². The number of benzene rings is 11. The first-order chi connectivity index (χ1) is 35.5. The smallest absolute Gasteiger partial charge is 0.123 e. The van der Waals surface area contributed by atoms with Crippen molar-refractivity contribution in [1.29, 1.82) is 0 Å². The molecule has 13 rings (SSSR count). The molecule has 0 aliphatic rings. The second-order valence-corrected chi connectivity index (χ2v) is 18.2. The van der Waals surface area contributed by atoms with E-state index in [1.54, 1.807) is 0 Å². The lowest BCUT2D eigenvalue weighted by atomic mass is 10.1. The van der Waals surface area contributed by atoms with Gasteiger partial charge < -0.3 is 18.9 Å². The molecule has 0 atom stereocenters. The zero-order valence-electron chi connectivity index (χ0n) is 38.9. The third kappa shape index (κ3) is 7.72. The van der Waals surface area contributed by atoms with Gasteiger partial charge in [0.1, 0.15) is 11.6 Å². The SMILES string of the molecule is Fc1ccc(-c2cc3cc4c(cc(-c5ccc(F)cc5)n4-c4ccc(N(c5ccccc5)c5ccc6ccccc6c5)cc4)cc3n2-c2ccc(N(c3ccccc3)c3ccc4ccccc4c3)cc2)cc1. The number of para-hydroxylation sites is 2. The molecule has 72 heavy (non-hydrogen) atoms. The molecule has 0 N–H and O–H groups in total. The van der Waals surface area contributed by atoms with Gasteiger partial charge in [0, 0.05) is 56.3 Å². The number of aromatic nitrogens is 2. The normalized spacial score (nSPS) is 11.5. The van der Waals surface area contributed by atoms with E-state index in [0.717, 1.165) is 89.8 Å². The zero-order chi connectivity index (χ0) is 48.1. The van der Waals surface area contributed by atoms with Crippen molar-refractivity contribution in [1.82, 2.24) is 9.13 Å². The molecule has 0 saturated carbocycles.